The molecular formula is C16H15Cl2NO2S. The zero-order chi connectivity index (χ0) is 16.5. The fraction of sp³-hybridized carbons (Fsp3) is 0.250. The average Bonchev–Trinajstić information content (AvgIpc) is 2.73. The number of aromatic nitrogens is 1. The maximum Gasteiger partial charge on any atom is 0.266 e. The van der Waals surface area contributed by atoms with Gasteiger partial charge in [-0.3, -0.25) is 9.59 Å². The van der Waals surface area contributed by atoms with Gasteiger partial charge in [0, 0.05) is 27.1 Å². The molecule has 3 nitrogen and oxygen atoms in total. The Hall–Kier alpha value is -1.36. The molecule has 0 saturated heterocycles. The summed E-state index contributed by atoms with van der Waals surface area (Å²) in [6.07, 6.45) is 3.09. The van der Waals surface area contributed by atoms with Crippen molar-refractivity contribution >= 4 is 52.5 Å². The standard InChI is InChI=1S/C16H15Cl2NO2S/c1-16(2,3)13(20)8-14-19-15(21)12(22-14)7-9-10(17)5-4-6-11(9)18/h4-8H,1-3H3,(H,19,21). The Labute approximate surface area is 141 Å². The van der Waals surface area contributed by atoms with E-state index in [4.69, 9.17) is 23.2 Å². The van der Waals surface area contributed by atoms with E-state index in [9.17, 15) is 9.59 Å². The number of aromatic amines is 1. The average molecular weight is 356 g/mol. The molecule has 116 valence electrons. The number of ketones is 1. The number of H-pyrrole nitrogens is 1. The molecule has 22 heavy (non-hydrogen) atoms. The molecule has 0 radical (unpaired) electrons. The lowest BCUT2D eigenvalue weighted by atomic mass is 9.91. The van der Waals surface area contributed by atoms with E-state index in [0.717, 1.165) is 0 Å². The first-order chi connectivity index (χ1) is 10.2. The van der Waals surface area contributed by atoms with Crippen LogP contribution in [0.1, 0.15) is 26.3 Å². The maximum absolute atomic E-state index is 12.0. The first kappa shape index (κ1) is 17.0. The van der Waals surface area contributed by atoms with E-state index in [1.807, 2.05) is 20.8 Å². The summed E-state index contributed by atoms with van der Waals surface area (Å²) in [5.74, 6) is -0.0488. The minimum atomic E-state index is -0.489. The molecule has 0 atom stereocenters. The van der Waals surface area contributed by atoms with Gasteiger partial charge in [0.1, 0.15) is 0 Å². The van der Waals surface area contributed by atoms with Gasteiger partial charge in [0.05, 0.1) is 9.20 Å². The Morgan fingerprint density at radius 1 is 1.23 bits per heavy atom. The molecule has 0 saturated carbocycles. The zero-order valence-electron chi connectivity index (χ0n) is 12.4. The number of halogens is 2. The summed E-state index contributed by atoms with van der Waals surface area (Å²) in [6.45, 7) is 5.48. The monoisotopic (exact) mass is 355 g/mol. The molecule has 0 amide bonds. The predicted molar refractivity (Wildman–Crippen MR) is 93.1 cm³/mol. The van der Waals surface area contributed by atoms with Crippen molar-refractivity contribution in [3.05, 3.63) is 53.4 Å². The van der Waals surface area contributed by atoms with E-state index in [-0.39, 0.29) is 11.3 Å². The third kappa shape index (κ3) is 3.88. The van der Waals surface area contributed by atoms with Gasteiger partial charge >= 0.3 is 0 Å². The van der Waals surface area contributed by atoms with E-state index in [0.29, 0.717) is 24.8 Å². The zero-order valence-corrected chi connectivity index (χ0v) is 14.7. The number of thiazole rings is 1. The largest absolute Gasteiger partial charge is 0.313 e. The number of nitrogens with one attached hydrogen (secondary N) is 1. The summed E-state index contributed by atoms with van der Waals surface area (Å²) in [5, 5.41) is 0.938. The predicted octanol–water partition coefficient (Wildman–Crippen LogP) is 2.97. The number of hydrogen-bond donors (Lipinski definition) is 1. The highest BCUT2D eigenvalue weighted by Crippen LogP contribution is 2.24. The van der Waals surface area contributed by atoms with Crippen LogP contribution in [0.25, 0.3) is 12.2 Å². The van der Waals surface area contributed by atoms with Crippen LogP contribution in [-0.2, 0) is 4.79 Å². The fourth-order valence-electron chi connectivity index (χ4n) is 1.64. The number of hydrogen-bond acceptors (Lipinski definition) is 3. The number of benzene rings is 1. The summed E-state index contributed by atoms with van der Waals surface area (Å²) in [4.78, 5) is 26.7. The molecule has 1 heterocycles. The minimum absolute atomic E-state index is 0.0488. The third-order valence-corrected chi connectivity index (χ3v) is 4.58. The lowest BCUT2D eigenvalue weighted by Gasteiger charge is -2.12. The molecule has 0 bridgehead atoms. The van der Waals surface area contributed by atoms with Crippen molar-refractivity contribution < 1.29 is 4.79 Å². The summed E-state index contributed by atoms with van der Waals surface area (Å²) in [7, 11) is 0. The number of Topliss-reactive ketones (excluding diaryl/α,β-unsaturated/α-hetero) is 1. The molecule has 2 aromatic rings. The number of carbonyl (C=O) groups is 1. The second-order valence-electron chi connectivity index (χ2n) is 5.82. The van der Waals surface area contributed by atoms with Gasteiger partial charge in [0.2, 0.25) is 0 Å². The van der Waals surface area contributed by atoms with Gasteiger partial charge in [-0.15, -0.1) is 11.3 Å². The van der Waals surface area contributed by atoms with Crippen molar-refractivity contribution in [3.63, 3.8) is 0 Å². The Morgan fingerprint density at radius 2 is 1.82 bits per heavy atom. The quantitative estimate of drug-likeness (QED) is 0.900. The Balaban J connectivity index is 2.57. The van der Waals surface area contributed by atoms with E-state index >= 15 is 0 Å². The SMILES string of the molecule is CC(C)(C)C(=O)C=c1[nH]c(=O)c(=Cc2c(Cl)cccc2Cl)s1. The van der Waals surface area contributed by atoms with Crippen LogP contribution in [0.15, 0.2) is 23.0 Å². The summed E-state index contributed by atoms with van der Waals surface area (Å²) in [5.41, 5.74) is -0.169. The Morgan fingerprint density at radius 3 is 2.36 bits per heavy atom. The second-order valence-corrected chi connectivity index (χ2v) is 7.72. The first-order valence-electron chi connectivity index (χ1n) is 6.59. The van der Waals surface area contributed by atoms with Crippen LogP contribution in [0.4, 0.5) is 0 Å². The van der Waals surface area contributed by atoms with Gasteiger partial charge < -0.3 is 4.98 Å². The third-order valence-electron chi connectivity index (χ3n) is 2.96. The van der Waals surface area contributed by atoms with Crippen molar-refractivity contribution in [2.24, 2.45) is 5.41 Å². The molecule has 0 unspecified atom stereocenters. The minimum Gasteiger partial charge on any atom is -0.313 e. The maximum atomic E-state index is 12.0. The number of carbonyl (C=O) groups excluding carboxylic acids is 1. The molecule has 0 fully saturated rings. The molecule has 1 aromatic heterocycles. The molecule has 0 aliphatic carbocycles. The molecule has 0 spiro atoms. The van der Waals surface area contributed by atoms with Crippen molar-refractivity contribution in [1.29, 1.82) is 0 Å². The van der Waals surface area contributed by atoms with Crippen molar-refractivity contribution in [3.8, 4) is 0 Å². The lowest BCUT2D eigenvalue weighted by Crippen LogP contribution is -2.22. The summed E-state index contributed by atoms with van der Waals surface area (Å²) in [6, 6.07) is 5.15. The molecule has 6 heteroatoms. The van der Waals surface area contributed by atoms with E-state index in [2.05, 4.69) is 4.98 Å². The van der Waals surface area contributed by atoms with Crippen molar-refractivity contribution in [2.45, 2.75) is 20.8 Å². The Bertz CT molecular complexity index is 868. The van der Waals surface area contributed by atoms with E-state index in [1.165, 1.54) is 17.4 Å². The van der Waals surface area contributed by atoms with Gasteiger partial charge in [-0.1, -0.05) is 50.0 Å². The highest BCUT2D eigenvalue weighted by molar-refractivity contribution is 7.07. The van der Waals surface area contributed by atoms with Crippen LogP contribution in [0.5, 0.6) is 0 Å². The topological polar surface area (TPSA) is 49.9 Å². The van der Waals surface area contributed by atoms with Gasteiger partial charge in [-0.05, 0) is 18.2 Å². The molecular weight excluding hydrogens is 341 g/mol. The first-order valence-corrected chi connectivity index (χ1v) is 8.17. The van der Waals surface area contributed by atoms with Crippen LogP contribution in [0.2, 0.25) is 10.0 Å². The van der Waals surface area contributed by atoms with E-state index in [1.54, 1.807) is 24.3 Å². The van der Waals surface area contributed by atoms with E-state index < -0.39 is 5.41 Å². The Kier molecular flexibility index (Phi) is 4.95. The van der Waals surface area contributed by atoms with Crippen LogP contribution in [-0.4, -0.2) is 10.8 Å². The van der Waals surface area contributed by atoms with Crippen LogP contribution >= 0.6 is 34.5 Å². The summed E-state index contributed by atoms with van der Waals surface area (Å²) < 4.78 is 0.960. The van der Waals surface area contributed by atoms with Crippen LogP contribution < -0.4 is 14.8 Å². The number of rotatable bonds is 2. The van der Waals surface area contributed by atoms with Crippen LogP contribution in [0.3, 0.4) is 0 Å². The van der Waals surface area contributed by atoms with Gasteiger partial charge in [0.15, 0.2) is 5.78 Å². The van der Waals surface area contributed by atoms with Gasteiger partial charge in [0.25, 0.3) is 5.56 Å². The van der Waals surface area contributed by atoms with Gasteiger partial charge in [-0.2, -0.15) is 0 Å². The molecule has 1 aromatic carbocycles. The molecule has 1 N–H and O–H groups in total. The highest BCUT2D eigenvalue weighted by atomic mass is 35.5. The lowest BCUT2D eigenvalue weighted by molar-refractivity contribution is -0.119. The van der Waals surface area contributed by atoms with Crippen LogP contribution in [0, 0.1) is 5.41 Å². The smallest absolute Gasteiger partial charge is 0.266 e. The molecule has 2 rings (SSSR count). The second kappa shape index (κ2) is 6.41. The van der Waals surface area contributed by atoms with Gasteiger partial charge in [-0.25, -0.2) is 0 Å². The molecule has 0 aliphatic rings. The fourth-order valence-corrected chi connectivity index (χ4v) is 3.01. The molecule has 0 aliphatic heterocycles. The van der Waals surface area contributed by atoms with Crippen molar-refractivity contribution in [1.82, 2.24) is 4.98 Å². The normalized spacial score (nSPS) is 13.7. The van der Waals surface area contributed by atoms with Crippen molar-refractivity contribution in [2.75, 3.05) is 0 Å². The highest BCUT2D eigenvalue weighted by Gasteiger charge is 2.18. The summed E-state index contributed by atoms with van der Waals surface area (Å²) >= 11 is 13.4.